The third kappa shape index (κ3) is 2.19. The lowest BCUT2D eigenvalue weighted by molar-refractivity contribution is -0.380. The van der Waals surface area contributed by atoms with Gasteiger partial charge in [-0.2, -0.15) is 0 Å². The minimum atomic E-state index is -0.567. The second-order valence-electron chi connectivity index (χ2n) is 2.19. The second kappa shape index (κ2) is 3.90. The molecule has 6 heteroatoms. The van der Waals surface area contributed by atoms with Crippen LogP contribution in [0, 0.1) is 10.1 Å². The van der Waals surface area contributed by atoms with Crippen LogP contribution in [0.1, 0.15) is 16.1 Å². The van der Waals surface area contributed by atoms with E-state index < -0.39 is 4.92 Å². The van der Waals surface area contributed by atoms with Crippen LogP contribution in [0.5, 0.6) is 0 Å². The van der Waals surface area contributed by atoms with E-state index in [1.165, 1.54) is 12.1 Å². The number of aldehydes is 1. The van der Waals surface area contributed by atoms with Crippen LogP contribution in [-0.4, -0.2) is 17.0 Å². The zero-order valence-corrected chi connectivity index (χ0v) is 7.24. The van der Waals surface area contributed by atoms with Crippen LogP contribution in [-0.2, 0) is 4.79 Å². The summed E-state index contributed by atoms with van der Waals surface area (Å²) in [6.07, 6.45) is 0.256. The molecule has 0 aliphatic heterocycles. The number of Topliss-reactive ketones (excluding diaryl/α,β-unsaturated/α-hetero) is 1. The average Bonchev–Trinajstić information content (AvgIpc) is 2.52. The zero-order chi connectivity index (χ0) is 9.84. The van der Waals surface area contributed by atoms with Crippen LogP contribution >= 0.6 is 11.3 Å². The Labute approximate surface area is 77.1 Å². The lowest BCUT2D eigenvalue weighted by Gasteiger charge is -1.86. The van der Waals surface area contributed by atoms with Crippen molar-refractivity contribution in [3.8, 4) is 0 Å². The molecule has 0 amide bonds. The van der Waals surface area contributed by atoms with Crippen LogP contribution in [0.3, 0.4) is 0 Å². The molecule has 0 saturated carbocycles. The average molecular weight is 199 g/mol. The number of ketones is 1. The van der Waals surface area contributed by atoms with E-state index in [-0.39, 0.29) is 22.1 Å². The Hall–Kier alpha value is -1.56. The maximum atomic E-state index is 11.0. The Kier molecular flexibility index (Phi) is 2.86. The second-order valence-corrected chi connectivity index (χ2v) is 3.25. The largest absolute Gasteiger partial charge is 0.324 e. The van der Waals surface area contributed by atoms with Crippen molar-refractivity contribution in [2.75, 3.05) is 0 Å². The minimum absolute atomic E-state index is 0.0887. The summed E-state index contributed by atoms with van der Waals surface area (Å²) >= 11 is 0.782. The van der Waals surface area contributed by atoms with Crippen molar-refractivity contribution < 1.29 is 14.5 Å². The molecule has 0 atom stereocenters. The predicted molar refractivity (Wildman–Crippen MR) is 46.0 cm³/mol. The van der Waals surface area contributed by atoms with Gasteiger partial charge in [0, 0.05) is 6.07 Å². The van der Waals surface area contributed by atoms with E-state index in [9.17, 15) is 19.7 Å². The first-order valence-corrected chi connectivity index (χ1v) is 4.18. The summed E-state index contributed by atoms with van der Waals surface area (Å²) in [4.78, 5) is 30.9. The van der Waals surface area contributed by atoms with Crippen molar-refractivity contribution in [1.82, 2.24) is 0 Å². The molecular weight excluding hydrogens is 194 g/mol. The summed E-state index contributed by atoms with van der Waals surface area (Å²) < 4.78 is 0. The third-order valence-corrected chi connectivity index (χ3v) is 2.39. The van der Waals surface area contributed by atoms with E-state index in [0.717, 1.165) is 11.3 Å². The van der Waals surface area contributed by atoms with Gasteiger partial charge in [0.05, 0.1) is 16.2 Å². The summed E-state index contributed by atoms with van der Waals surface area (Å²) in [6, 6.07) is 2.61. The lowest BCUT2D eigenvalue weighted by atomic mass is 10.2. The van der Waals surface area contributed by atoms with Crippen molar-refractivity contribution in [2.24, 2.45) is 0 Å². The Bertz CT molecular complexity index is 357. The molecule has 0 radical (unpaired) electrons. The molecule has 0 fully saturated rings. The Morgan fingerprint density at radius 1 is 1.62 bits per heavy atom. The molecule has 0 saturated heterocycles. The van der Waals surface area contributed by atoms with Crippen LogP contribution in [0.25, 0.3) is 0 Å². The highest BCUT2D eigenvalue weighted by atomic mass is 32.1. The molecule has 0 aliphatic carbocycles. The van der Waals surface area contributed by atoms with Gasteiger partial charge in [0.25, 0.3) is 0 Å². The monoisotopic (exact) mass is 199 g/mol. The van der Waals surface area contributed by atoms with Gasteiger partial charge in [0.2, 0.25) is 0 Å². The van der Waals surface area contributed by atoms with Crippen molar-refractivity contribution in [3.05, 3.63) is 27.1 Å². The molecule has 1 aromatic rings. The standard InChI is InChI=1S/C7H5NO4S/c9-4-3-5(10)6-1-2-7(13-6)8(11)12/h1-2,4H,3H2. The van der Waals surface area contributed by atoms with E-state index in [1.54, 1.807) is 0 Å². The van der Waals surface area contributed by atoms with Gasteiger partial charge in [-0.05, 0) is 6.07 Å². The number of nitrogens with zero attached hydrogens (tertiary/aromatic N) is 1. The molecule has 0 spiro atoms. The smallest absolute Gasteiger partial charge is 0.303 e. The van der Waals surface area contributed by atoms with E-state index >= 15 is 0 Å². The van der Waals surface area contributed by atoms with Gasteiger partial charge >= 0.3 is 5.00 Å². The number of carbonyl (C=O) groups is 2. The normalized spacial score (nSPS) is 9.54. The van der Waals surface area contributed by atoms with Gasteiger partial charge in [-0.3, -0.25) is 14.9 Å². The van der Waals surface area contributed by atoms with Gasteiger partial charge in [-0.1, -0.05) is 11.3 Å². The number of hydrogen-bond acceptors (Lipinski definition) is 5. The topological polar surface area (TPSA) is 77.3 Å². The van der Waals surface area contributed by atoms with Gasteiger partial charge in [-0.15, -0.1) is 0 Å². The highest BCUT2D eigenvalue weighted by molar-refractivity contribution is 7.17. The van der Waals surface area contributed by atoms with Crippen molar-refractivity contribution >= 4 is 28.4 Å². The molecule has 0 unspecified atom stereocenters. The fourth-order valence-corrected chi connectivity index (χ4v) is 1.52. The van der Waals surface area contributed by atoms with Crippen molar-refractivity contribution in [1.29, 1.82) is 0 Å². The first-order chi connectivity index (χ1) is 6.15. The Morgan fingerprint density at radius 3 is 2.77 bits per heavy atom. The number of nitro groups is 1. The highest BCUT2D eigenvalue weighted by Gasteiger charge is 2.14. The molecule has 5 nitrogen and oxygen atoms in total. The summed E-state index contributed by atoms with van der Waals surface area (Å²) in [5.41, 5.74) is 0. The summed E-state index contributed by atoms with van der Waals surface area (Å²) in [7, 11) is 0. The number of thiophene rings is 1. The van der Waals surface area contributed by atoms with Gasteiger partial charge in [-0.25, -0.2) is 0 Å². The van der Waals surface area contributed by atoms with E-state index in [4.69, 9.17) is 0 Å². The SMILES string of the molecule is O=CCC(=O)c1ccc([N+](=O)[O-])s1. The van der Waals surface area contributed by atoms with Gasteiger partial charge in [0.15, 0.2) is 5.78 Å². The first-order valence-electron chi connectivity index (χ1n) is 3.36. The van der Waals surface area contributed by atoms with Gasteiger partial charge in [0.1, 0.15) is 6.29 Å². The summed E-state index contributed by atoms with van der Waals surface area (Å²) in [6.45, 7) is 0. The quantitative estimate of drug-likeness (QED) is 0.241. The van der Waals surface area contributed by atoms with Crippen LogP contribution in [0.4, 0.5) is 5.00 Å². The summed E-state index contributed by atoms with van der Waals surface area (Å²) in [5, 5.41) is 10.1. The molecule has 0 aliphatic rings. The number of hydrogen-bond donors (Lipinski definition) is 0. The molecule has 0 bridgehead atoms. The van der Waals surface area contributed by atoms with E-state index in [1.807, 2.05) is 0 Å². The van der Waals surface area contributed by atoms with Crippen LogP contribution in [0.15, 0.2) is 12.1 Å². The van der Waals surface area contributed by atoms with Crippen molar-refractivity contribution in [2.45, 2.75) is 6.42 Å². The van der Waals surface area contributed by atoms with E-state index in [2.05, 4.69) is 0 Å². The Balaban J connectivity index is 2.85. The number of rotatable bonds is 4. The first kappa shape index (κ1) is 9.53. The molecular formula is C7H5NO4S. The molecule has 68 valence electrons. The molecule has 0 aromatic carbocycles. The molecule has 1 aromatic heterocycles. The molecule has 1 rings (SSSR count). The van der Waals surface area contributed by atoms with E-state index in [0.29, 0.717) is 6.29 Å². The fraction of sp³-hybridized carbons (Fsp3) is 0.143. The maximum Gasteiger partial charge on any atom is 0.324 e. The van der Waals surface area contributed by atoms with Crippen molar-refractivity contribution in [3.63, 3.8) is 0 Å². The molecule has 13 heavy (non-hydrogen) atoms. The summed E-state index contributed by atoms with van der Waals surface area (Å²) in [5.74, 6) is -0.381. The maximum absolute atomic E-state index is 11.0. The predicted octanol–water partition coefficient (Wildman–Crippen LogP) is 1.43. The minimum Gasteiger partial charge on any atom is -0.303 e. The van der Waals surface area contributed by atoms with Gasteiger partial charge < -0.3 is 4.79 Å². The lowest BCUT2D eigenvalue weighted by Crippen LogP contribution is -1.95. The van der Waals surface area contributed by atoms with Crippen LogP contribution in [0.2, 0.25) is 0 Å². The Morgan fingerprint density at radius 2 is 2.31 bits per heavy atom. The number of carbonyl (C=O) groups excluding carboxylic acids is 2. The third-order valence-electron chi connectivity index (χ3n) is 1.32. The highest BCUT2D eigenvalue weighted by Crippen LogP contribution is 2.24. The molecule has 1 heterocycles. The molecule has 0 N–H and O–H groups in total. The van der Waals surface area contributed by atoms with Crippen LogP contribution < -0.4 is 0 Å². The zero-order valence-electron chi connectivity index (χ0n) is 6.43. The fourth-order valence-electron chi connectivity index (χ4n) is 0.752.